The van der Waals surface area contributed by atoms with E-state index in [1.54, 1.807) is 37.6 Å². The molecule has 31 heavy (non-hydrogen) atoms. The van der Waals surface area contributed by atoms with Gasteiger partial charge < -0.3 is 9.84 Å². The Labute approximate surface area is 185 Å². The van der Waals surface area contributed by atoms with Gasteiger partial charge in [0.15, 0.2) is 0 Å². The molecular formula is C25H33NO4S. The van der Waals surface area contributed by atoms with E-state index in [1.165, 1.54) is 29.7 Å². The van der Waals surface area contributed by atoms with Crippen LogP contribution in [0.1, 0.15) is 56.9 Å². The largest absolute Gasteiger partial charge is 0.497 e. The maximum atomic E-state index is 13.3. The molecule has 3 aromatic rings. The van der Waals surface area contributed by atoms with Crippen molar-refractivity contribution in [3.63, 3.8) is 0 Å². The molecule has 0 aliphatic rings. The van der Waals surface area contributed by atoms with E-state index in [9.17, 15) is 8.42 Å². The zero-order chi connectivity index (χ0) is 22.1. The molecule has 0 saturated heterocycles. The average molecular weight is 444 g/mol. The minimum absolute atomic E-state index is 0.252. The number of aliphatic hydroxyl groups is 1. The van der Waals surface area contributed by atoms with Crippen LogP contribution in [0.5, 0.6) is 5.75 Å². The molecule has 1 aromatic heterocycles. The number of rotatable bonds is 13. The number of nitrogens with zero attached hydrogens (tertiary/aromatic N) is 1. The molecule has 168 valence electrons. The summed E-state index contributed by atoms with van der Waals surface area (Å²) in [4.78, 5) is 0.252. The van der Waals surface area contributed by atoms with Crippen LogP contribution < -0.4 is 4.74 Å². The molecule has 0 fully saturated rings. The quantitative estimate of drug-likeness (QED) is 0.352. The number of ether oxygens (including phenoxy) is 1. The van der Waals surface area contributed by atoms with Crippen LogP contribution in [0.4, 0.5) is 0 Å². The number of methoxy groups -OCH3 is 1. The highest BCUT2D eigenvalue weighted by molar-refractivity contribution is 7.90. The fraction of sp³-hybridized carbons (Fsp3) is 0.440. The summed E-state index contributed by atoms with van der Waals surface area (Å²) in [6, 6.07) is 14.2. The SMILES string of the molecule is COc1ccc(S(=O)(=O)n2cc(CCCCCCCCCCO)c3ccccc32)cc1. The molecule has 6 heteroatoms. The zero-order valence-electron chi connectivity index (χ0n) is 18.3. The van der Waals surface area contributed by atoms with Crippen molar-refractivity contribution in [1.82, 2.24) is 3.97 Å². The second kappa shape index (κ2) is 11.3. The Morgan fingerprint density at radius 3 is 2.10 bits per heavy atom. The molecule has 0 atom stereocenters. The van der Waals surface area contributed by atoms with E-state index < -0.39 is 10.0 Å². The molecule has 0 unspecified atom stereocenters. The van der Waals surface area contributed by atoms with E-state index in [0.717, 1.165) is 48.6 Å². The lowest BCUT2D eigenvalue weighted by Gasteiger charge is -2.08. The summed E-state index contributed by atoms with van der Waals surface area (Å²) in [5.41, 5.74) is 1.80. The van der Waals surface area contributed by atoms with Crippen molar-refractivity contribution in [3.8, 4) is 5.75 Å². The number of unbranched alkanes of at least 4 members (excludes halogenated alkanes) is 7. The number of benzene rings is 2. The molecule has 5 nitrogen and oxygen atoms in total. The van der Waals surface area contributed by atoms with Crippen molar-refractivity contribution in [3.05, 3.63) is 60.3 Å². The number of hydrogen-bond donors (Lipinski definition) is 1. The third kappa shape index (κ3) is 5.89. The van der Waals surface area contributed by atoms with Crippen molar-refractivity contribution in [2.75, 3.05) is 13.7 Å². The van der Waals surface area contributed by atoms with E-state index >= 15 is 0 Å². The first kappa shape index (κ1) is 23.4. The van der Waals surface area contributed by atoms with Gasteiger partial charge in [0.2, 0.25) is 0 Å². The molecule has 2 aromatic carbocycles. The van der Waals surface area contributed by atoms with Crippen LogP contribution in [0.2, 0.25) is 0 Å². The molecular weight excluding hydrogens is 410 g/mol. The van der Waals surface area contributed by atoms with Crippen LogP contribution in [-0.2, 0) is 16.4 Å². The van der Waals surface area contributed by atoms with Crippen molar-refractivity contribution in [1.29, 1.82) is 0 Å². The Morgan fingerprint density at radius 2 is 1.45 bits per heavy atom. The number of fused-ring (bicyclic) bond motifs is 1. The van der Waals surface area contributed by atoms with E-state index in [1.807, 2.05) is 24.3 Å². The lowest BCUT2D eigenvalue weighted by molar-refractivity contribution is 0.282. The Kier molecular flexibility index (Phi) is 8.55. The number of aryl methyl sites for hydroxylation is 1. The van der Waals surface area contributed by atoms with Crippen molar-refractivity contribution in [2.24, 2.45) is 0 Å². The van der Waals surface area contributed by atoms with E-state index in [0.29, 0.717) is 12.4 Å². The fourth-order valence-corrected chi connectivity index (χ4v) is 5.36. The summed E-state index contributed by atoms with van der Waals surface area (Å²) in [7, 11) is -2.11. The Hall–Kier alpha value is -2.31. The first-order valence-corrected chi connectivity index (χ1v) is 12.6. The molecule has 0 amide bonds. The Morgan fingerprint density at radius 1 is 0.839 bits per heavy atom. The minimum Gasteiger partial charge on any atom is -0.497 e. The van der Waals surface area contributed by atoms with Crippen LogP contribution in [0.15, 0.2) is 59.6 Å². The summed E-state index contributed by atoms with van der Waals surface area (Å²) in [6.45, 7) is 0.293. The lowest BCUT2D eigenvalue weighted by Crippen LogP contribution is -2.11. The number of aromatic nitrogens is 1. The van der Waals surface area contributed by atoms with Gasteiger partial charge in [-0.15, -0.1) is 0 Å². The van der Waals surface area contributed by atoms with Gasteiger partial charge in [-0.1, -0.05) is 56.7 Å². The first-order chi connectivity index (χ1) is 15.1. The molecule has 1 heterocycles. The number of hydrogen-bond acceptors (Lipinski definition) is 4. The van der Waals surface area contributed by atoms with Gasteiger partial charge in [-0.2, -0.15) is 0 Å². The van der Waals surface area contributed by atoms with Crippen molar-refractivity contribution >= 4 is 20.9 Å². The predicted molar refractivity (Wildman–Crippen MR) is 125 cm³/mol. The third-order valence-electron chi connectivity index (χ3n) is 5.73. The topological polar surface area (TPSA) is 68.5 Å². The van der Waals surface area contributed by atoms with E-state index in [4.69, 9.17) is 9.84 Å². The highest BCUT2D eigenvalue weighted by Crippen LogP contribution is 2.28. The number of para-hydroxylation sites is 1. The normalized spacial score (nSPS) is 11.8. The standard InChI is InChI=1S/C25H33NO4S/c1-30-22-15-17-23(18-16-22)31(28,29)26-20-21(24-13-9-10-14-25(24)26)12-8-6-4-2-3-5-7-11-19-27/h9-10,13-18,20,27H,2-8,11-12,19H2,1H3. The molecule has 1 N–H and O–H groups in total. The van der Waals surface area contributed by atoms with E-state index in [-0.39, 0.29) is 4.90 Å². The molecule has 0 aliphatic carbocycles. The molecule has 0 bridgehead atoms. The van der Waals surface area contributed by atoms with Gasteiger partial charge in [0.05, 0.1) is 17.5 Å². The monoisotopic (exact) mass is 443 g/mol. The van der Waals surface area contributed by atoms with Gasteiger partial charge in [-0.25, -0.2) is 12.4 Å². The summed E-state index contributed by atoms with van der Waals surface area (Å²) >= 11 is 0. The molecule has 0 radical (unpaired) electrons. The van der Waals surface area contributed by atoms with Crippen molar-refractivity contribution in [2.45, 2.75) is 62.7 Å². The molecule has 0 spiro atoms. The molecule has 0 saturated carbocycles. The smallest absolute Gasteiger partial charge is 0.268 e. The summed E-state index contributed by atoms with van der Waals surface area (Å²) in [5.74, 6) is 0.630. The fourth-order valence-electron chi connectivity index (χ4n) is 3.97. The van der Waals surface area contributed by atoms with Crippen LogP contribution in [0.25, 0.3) is 10.9 Å². The maximum absolute atomic E-state index is 13.3. The second-order valence-electron chi connectivity index (χ2n) is 7.95. The first-order valence-electron chi connectivity index (χ1n) is 11.2. The third-order valence-corrected chi connectivity index (χ3v) is 7.42. The predicted octanol–water partition coefficient (Wildman–Crippen LogP) is 5.54. The summed E-state index contributed by atoms with van der Waals surface area (Å²) in [6.07, 6.45) is 11.7. The van der Waals surface area contributed by atoms with Gasteiger partial charge >= 0.3 is 0 Å². The summed E-state index contributed by atoms with van der Waals surface area (Å²) in [5, 5.41) is 9.82. The van der Waals surface area contributed by atoms with Gasteiger partial charge in [-0.3, -0.25) is 0 Å². The minimum atomic E-state index is -3.68. The van der Waals surface area contributed by atoms with Crippen LogP contribution >= 0.6 is 0 Å². The Balaban J connectivity index is 1.67. The average Bonchev–Trinajstić information content (AvgIpc) is 3.17. The lowest BCUT2D eigenvalue weighted by atomic mass is 10.0. The van der Waals surface area contributed by atoms with Gasteiger partial charge in [0, 0.05) is 18.2 Å². The van der Waals surface area contributed by atoms with Crippen molar-refractivity contribution < 1.29 is 18.3 Å². The number of aliphatic hydroxyl groups excluding tert-OH is 1. The highest BCUT2D eigenvalue weighted by atomic mass is 32.2. The highest BCUT2D eigenvalue weighted by Gasteiger charge is 2.21. The van der Waals surface area contributed by atoms with E-state index in [2.05, 4.69) is 0 Å². The second-order valence-corrected chi connectivity index (χ2v) is 9.76. The van der Waals surface area contributed by atoms with Crippen LogP contribution in [-0.4, -0.2) is 31.2 Å². The van der Waals surface area contributed by atoms with Gasteiger partial charge in [0.1, 0.15) is 5.75 Å². The van der Waals surface area contributed by atoms with Gasteiger partial charge in [-0.05, 0) is 55.2 Å². The zero-order valence-corrected chi connectivity index (χ0v) is 19.1. The maximum Gasteiger partial charge on any atom is 0.268 e. The summed E-state index contributed by atoms with van der Waals surface area (Å²) < 4.78 is 33.1. The van der Waals surface area contributed by atoms with Crippen LogP contribution in [0, 0.1) is 0 Å². The molecule has 3 rings (SSSR count). The Bertz CT molecular complexity index is 1050. The van der Waals surface area contributed by atoms with Crippen LogP contribution in [0.3, 0.4) is 0 Å². The van der Waals surface area contributed by atoms with Gasteiger partial charge in [0.25, 0.3) is 10.0 Å². The molecule has 0 aliphatic heterocycles.